The van der Waals surface area contributed by atoms with Gasteiger partial charge >= 0.3 is 0 Å². The predicted molar refractivity (Wildman–Crippen MR) is 84.3 cm³/mol. The number of amides is 1. The molecule has 0 radical (unpaired) electrons. The fourth-order valence-corrected chi connectivity index (χ4v) is 3.65. The third-order valence-corrected chi connectivity index (χ3v) is 5.25. The van der Waals surface area contributed by atoms with Crippen LogP contribution in [-0.4, -0.2) is 50.7 Å². The highest BCUT2D eigenvalue weighted by Crippen LogP contribution is 2.32. The molecule has 2 heterocycles. The SMILES string of the molecule is CN(C(=O)CNC1CCc2ncnn2C1)C1(C#N)CCCCC1. The molecular weight excluding hydrogens is 292 g/mol. The summed E-state index contributed by atoms with van der Waals surface area (Å²) in [4.78, 5) is 18.4. The lowest BCUT2D eigenvalue weighted by Gasteiger charge is -2.39. The van der Waals surface area contributed by atoms with Crippen molar-refractivity contribution >= 4 is 5.91 Å². The maximum atomic E-state index is 12.5. The van der Waals surface area contributed by atoms with Crippen molar-refractivity contribution in [3.8, 4) is 6.07 Å². The van der Waals surface area contributed by atoms with Crippen molar-refractivity contribution < 1.29 is 4.79 Å². The predicted octanol–water partition coefficient (Wildman–Crippen LogP) is 0.867. The van der Waals surface area contributed by atoms with E-state index in [0.29, 0.717) is 0 Å². The Morgan fingerprint density at radius 3 is 3.04 bits per heavy atom. The van der Waals surface area contributed by atoms with Crippen LogP contribution in [0.3, 0.4) is 0 Å². The minimum atomic E-state index is -0.608. The largest absolute Gasteiger partial charge is 0.326 e. The first-order chi connectivity index (χ1) is 11.1. The number of rotatable bonds is 4. The van der Waals surface area contributed by atoms with E-state index in [2.05, 4.69) is 21.5 Å². The Bertz CT molecular complexity index is 598. The molecule has 1 aliphatic carbocycles. The summed E-state index contributed by atoms with van der Waals surface area (Å²) in [7, 11) is 1.77. The number of carbonyl (C=O) groups excluding carboxylic acids is 1. The van der Waals surface area contributed by atoms with Crippen LogP contribution >= 0.6 is 0 Å². The third-order valence-electron chi connectivity index (χ3n) is 5.25. The Kier molecular flexibility index (Phi) is 4.62. The quantitative estimate of drug-likeness (QED) is 0.890. The van der Waals surface area contributed by atoms with Gasteiger partial charge in [-0.1, -0.05) is 19.3 Å². The molecule has 1 atom stereocenters. The van der Waals surface area contributed by atoms with Gasteiger partial charge in [-0.15, -0.1) is 0 Å². The standard InChI is InChI=1S/C16H24N6O/c1-21(16(11-17)7-3-2-4-8-16)15(23)9-18-13-5-6-14-19-12-20-22(14)10-13/h12-13,18H,2-10H2,1H3. The molecule has 1 amide bonds. The summed E-state index contributed by atoms with van der Waals surface area (Å²) in [6.45, 7) is 1.02. The Balaban J connectivity index is 1.54. The lowest BCUT2D eigenvalue weighted by molar-refractivity contribution is -0.134. The second-order valence-corrected chi connectivity index (χ2v) is 6.63. The summed E-state index contributed by atoms with van der Waals surface area (Å²) in [5.41, 5.74) is -0.608. The van der Waals surface area contributed by atoms with Gasteiger partial charge < -0.3 is 10.2 Å². The van der Waals surface area contributed by atoms with Crippen molar-refractivity contribution in [1.82, 2.24) is 25.0 Å². The minimum Gasteiger partial charge on any atom is -0.326 e. The molecule has 1 aromatic heterocycles. The van der Waals surface area contributed by atoms with Crippen LogP contribution < -0.4 is 5.32 Å². The van der Waals surface area contributed by atoms with Gasteiger partial charge in [-0.2, -0.15) is 10.4 Å². The smallest absolute Gasteiger partial charge is 0.237 e. The van der Waals surface area contributed by atoms with Crippen LogP contribution in [0.15, 0.2) is 6.33 Å². The fraction of sp³-hybridized carbons (Fsp3) is 0.750. The van der Waals surface area contributed by atoms with Gasteiger partial charge in [0.2, 0.25) is 5.91 Å². The van der Waals surface area contributed by atoms with Crippen LogP contribution in [-0.2, 0) is 17.8 Å². The monoisotopic (exact) mass is 316 g/mol. The van der Waals surface area contributed by atoms with E-state index in [4.69, 9.17) is 0 Å². The Morgan fingerprint density at radius 2 is 2.30 bits per heavy atom. The maximum Gasteiger partial charge on any atom is 0.237 e. The number of nitrogens with one attached hydrogen (secondary N) is 1. The van der Waals surface area contributed by atoms with Crippen molar-refractivity contribution in [3.63, 3.8) is 0 Å². The fourth-order valence-electron chi connectivity index (χ4n) is 3.65. The zero-order chi connectivity index (χ0) is 16.3. The van der Waals surface area contributed by atoms with Crippen molar-refractivity contribution in [3.05, 3.63) is 12.2 Å². The summed E-state index contributed by atoms with van der Waals surface area (Å²) < 4.78 is 1.90. The number of nitrogens with zero attached hydrogens (tertiary/aromatic N) is 5. The maximum absolute atomic E-state index is 12.5. The topological polar surface area (TPSA) is 86.8 Å². The first kappa shape index (κ1) is 15.9. The van der Waals surface area contributed by atoms with Crippen molar-refractivity contribution in [2.24, 2.45) is 0 Å². The summed E-state index contributed by atoms with van der Waals surface area (Å²) in [6, 6.07) is 2.63. The Hall–Kier alpha value is -1.94. The average molecular weight is 316 g/mol. The average Bonchev–Trinajstić information content (AvgIpc) is 3.07. The number of aryl methyl sites for hydroxylation is 1. The summed E-state index contributed by atoms with van der Waals surface area (Å²) in [6.07, 6.45) is 8.20. The molecule has 124 valence electrons. The molecule has 0 aromatic carbocycles. The Labute approximate surface area is 136 Å². The second-order valence-electron chi connectivity index (χ2n) is 6.63. The van der Waals surface area contributed by atoms with Crippen LogP contribution in [0.1, 0.15) is 44.3 Å². The molecule has 2 aliphatic rings. The van der Waals surface area contributed by atoms with E-state index in [1.54, 1.807) is 18.3 Å². The molecule has 0 spiro atoms. The van der Waals surface area contributed by atoms with Gasteiger partial charge in [0.15, 0.2) is 0 Å². The van der Waals surface area contributed by atoms with Crippen molar-refractivity contribution in [2.45, 2.75) is 63.1 Å². The number of aromatic nitrogens is 3. The molecule has 3 rings (SSSR count). The number of hydrogen-bond acceptors (Lipinski definition) is 5. The first-order valence-corrected chi connectivity index (χ1v) is 8.42. The van der Waals surface area contributed by atoms with Crippen LogP contribution in [0.25, 0.3) is 0 Å². The summed E-state index contributed by atoms with van der Waals surface area (Å²) >= 11 is 0. The molecule has 1 fully saturated rings. The molecule has 0 bridgehead atoms. The molecule has 23 heavy (non-hydrogen) atoms. The summed E-state index contributed by atoms with van der Waals surface area (Å²) in [5.74, 6) is 1.01. The van der Waals surface area contributed by atoms with E-state index in [1.807, 2.05) is 4.68 Å². The molecule has 7 nitrogen and oxygen atoms in total. The van der Waals surface area contributed by atoms with Gasteiger partial charge in [0.05, 0.1) is 19.2 Å². The van der Waals surface area contributed by atoms with Crippen LogP contribution in [0.5, 0.6) is 0 Å². The lowest BCUT2D eigenvalue weighted by atomic mass is 9.81. The van der Waals surface area contributed by atoms with Gasteiger partial charge in [0, 0.05) is 19.5 Å². The number of carbonyl (C=O) groups is 1. The van der Waals surface area contributed by atoms with Crippen molar-refractivity contribution in [1.29, 1.82) is 5.26 Å². The first-order valence-electron chi connectivity index (χ1n) is 8.42. The zero-order valence-corrected chi connectivity index (χ0v) is 13.7. The molecule has 1 unspecified atom stereocenters. The lowest BCUT2D eigenvalue weighted by Crippen LogP contribution is -2.53. The minimum absolute atomic E-state index is 0.00200. The van der Waals surface area contributed by atoms with Crippen molar-refractivity contribution in [2.75, 3.05) is 13.6 Å². The van der Waals surface area contributed by atoms with Crippen LogP contribution in [0.4, 0.5) is 0 Å². The van der Waals surface area contributed by atoms with Crippen LogP contribution in [0, 0.1) is 11.3 Å². The summed E-state index contributed by atoms with van der Waals surface area (Å²) in [5, 5.41) is 17.1. The third kappa shape index (κ3) is 3.22. The van der Waals surface area contributed by atoms with E-state index in [-0.39, 0.29) is 18.5 Å². The highest BCUT2D eigenvalue weighted by Gasteiger charge is 2.38. The van der Waals surface area contributed by atoms with Crippen LogP contribution in [0.2, 0.25) is 0 Å². The van der Waals surface area contributed by atoms with Gasteiger partial charge in [0.1, 0.15) is 17.7 Å². The van der Waals surface area contributed by atoms with E-state index >= 15 is 0 Å². The molecule has 1 aliphatic heterocycles. The van der Waals surface area contributed by atoms with E-state index in [1.165, 1.54) is 0 Å². The molecule has 7 heteroatoms. The zero-order valence-electron chi connectivity index (χ0n) is 13.7. The van der Waals surface area contributed by atoms with Gasteiger partial charge in [0.25, 0.3) is 0 Å². The molecular formula is C16H24N6O. The number of fused-ring (bicyclic) bond motifs is 1. The van der Waals surface area contributed by atoms with E-state index < -0.39 is 5.54 Å². The van der Waals surface area contributed by atoms with Gasteiger partial charge in [-0.25, -0.2) is 9.67 Å². The van der Waals surface area contributed by atoms with Gasteiger partial charge in [-0.05, 0) is 19.3 Å². The van der Waals surface area contributed by atoms with E-state index in [0.717, 1.165) is 57.3 Å². The molecule has 1 N–H and O–H groups in total. The van der Waals surface area contributed by atoms with E-state index in [9.17, 15) is 10.1 Å². The molecule has 0 saturated heterocycles. The van der Waals surface area contributed by atoms with Gasteiger partial charge in [-0.3, -0.25) is 4.79 Å². The second kappa shape index (κ2) is 6.67. The highest BCUT2D eigenvalue weighted by atomic mass is 16.2. The molecule has 1 aromatic rings. The normalized spacial score (nSPS) is 22.9. The number of nitriles is 1. The highest BCUT2D eigenvalue weighted by molar-refractivity contribution is 5.79. The number of hydrogen-bond donors (Lipinski definition) is 1. The molecule has 1 saturated carbocycles. The Morgan fingerprint density at radius 1 is 1.52 bits per heavy atom. The number of likely N-dealkylation sites (N-methyl/N-ethyl adjacent to an activating group) is 1.